The zero-order chi connectivity index (χ0) is 12.2. The molecule has 0 bridgehead atoms. The Morgan fingerprint density at radius 1 is 1.56 bits per heavy atom. The molecule has 0 aliphatic heterocycles. The summed E-state index contributed by atoms with van der Waals surface area (Å²) >= 11 is 11.7. The highest BCUT2D eigenvalue weighted by atomic mass is 35.5. The van der Waals surface area contributed by atoms with Crippen molar-refractivity contribution in [2.24, 2.45) is 7.05 Å². The predicted molar refractivity (Wildman–Crippen MR) is 65.1 cm³/mol. The van der Waals surface area contributed by atoms with Gasteiger partial charge in [0.15, 0.2) is 0 Å². The average Bonchev–Trinajstić information content (AvgIpc) is 2.73. The van der Waals surface area contributed by atoms with E-state index in [4.69, 9.17) is 23.2 Å². The van der Waals surface area contributed by atoms with E-state index in [1.165, 1.54) is 0 Å². The van der Waals surface area contributed by atoms with Crippen molar-refractivity contribution < 1.29 is 4.79 Å². The molecule has 1 aromatic rings. The second-order valence-corrected chi connectivity index (χ2v) is 4.26. The van der Waals surface area contributed by atoms with Gasteiger partial charge in [0, 0.05) is 25.0 Å². The van der Waals surface area contributed by atoms with Gasteiger partial charge in [0.05, 0.1) is 5.54 Å². The lowest BCUT2D eigenvalue weighted by atomic mass is 10.0. The Labute approximate surface area is 105 Å². The molecule has 0 saturated heterocycles. The number of aryl methyl sites for hydroxylation is 1. The third-order valence-corrected chi connectivity index (χ3v) is 3.54. The van der Waals surface area contributed by atoms with Crippen LogP contribution in [-0.2, 0) is 7.05 Å². The van der Waals surface area contributed by atoms with Crippen molar-refractivity contribution in [3.8, 4) is 0 Å². The van der Waals surface area contributed by atoms with Gasteiger partial charge in [-0.15, -0.1) is 23.2 Å². The number of rotatable bonds is 5. The molecule has 0 aliphatic carbocycles. The lowest BCUT2D eigenvalue weighted by molar-refractivity contribution is 0.0907. The summed E-state index contributed by atoms with van der Waals surface area (Å²) in [6.45, 7) is 1.93. The van der Waals surface area contributed by atoms with Crippen molar-refractivity contribution in [1.29, 1.82) is 0 Å². The smallest absolute Gasteiger partial charge is 0.272 e. The summed E-state index contributed by atoms with van der Waals surface area (Å²) in [5, 5.41) is 6.85. The second-order valence-electron chi connectivity index (χ2n) is 3.73. The molecule has 0 atom stereocenters. The molecule has 90 valence electrons. The fraction of sp³-hybridized carbons (Fsp3) is 0.600. The Hall–Kier alpha value is -0.740. The SMILES string of the molecule is CCC(CCl)(CCl)NC(=O)c1ccn(C)n1. The summed E-state index contributed by atoms with van der Waals surface area (Å²) in [6.07, 6.45) is 2.39. The van der Waals surface area contributed by atoms with Crippen molar-refractivity contribution in [2.45, 2.75) is 18.9 Å². The van der Waals surface area contributed by atoms with Crippen molar-refractivity contribution in [3.05, 3.63) is 18.0 Å². The van der Waals surface area contributed by atoms with Crippen LogP contribution in [0, 0.1) is 0 Å². The van der Waals surface area contributed by atoms with Crippen molar-refractivity contribution in [2.75, 3.05) is 11.8 Å². The molecule has 0 fully saturated rings. The first-order chi connectivity index (χ1) is 7.56. The van der Waals surface area contributed by atoms with Crippen molar-refractivity contribution in [1.82, 2.24) is 15.1 Å². The van der Waals surface area contributed by atoms with Gasteiger partial charge in [-0.2, -0.15) is 5.10 Å². The van der Waals surface area contributed by atoms with Gasteiger partial charge in [-0.1, -0.05) is 6.92 Å². The Kier molecular flexibility index (Phi) is 4.62. The first kappa shape index (κ1) is 13.3. The number of carbonyl (C=O) groups excluding carboxylic acids is 1. The van der Waals surface area contributed by atoms with E-state index in [-0.39, 0.29) is 17.7 Å². The number of alkyl halides is 2. The van der Waals surface area contributed by atoms with E-state index >= 15 is 0 Å². The summed E-state index contributed by atoms with van der Waals surface area (Å²) in [7, 11) is 1.76. The van der Waals surface area contributed by atoms with Crippen LogP contribution in [0.2, 0.25) is 0 Å². The van der Waals surface area contributed by atoms with Gasteiger partial charge in [0.25, 0.3) is 5.91 Å². The fourth-order valence-electron chi connectivity index (χ4n) is 1.22. The molecular formula is C10H15Cl2N3O. The van der Waals surface area contributed by atoms with E-state index in [0.29, 0.717) is 12.1 Å². The maximum Gasteiger partial charge on any atom is 0.272 e. The van der Waals surface area contributed by atoms with Crippen LogP contribution in [0.4, 0.5) is 0 Å². The molecule has 1 rings (SSSR count). The molecule has 0 aromatic carbocycles. The summed E-state index contributed by atoms with van der Waals surface area (Å²) in [5.74, 6) is 0.320. The molecule has 0 aliphatic rings. The van der Waals surface area contributed by atoms with Crippen LogP contribution < -0.4 is 5.32 Å². The molecule has 0 radical (unpaired) electrons. The van der Waals surface area contributed by atoms with Crippen LogP contribution >= 0.6 is 23.2 Å². The maximum absolute atomic E-state index is 11.8. The van der Waals surface area contributed by atoms with Crippen LogP contribution in [-0.4, -0.2) is 33.0 Å². The predicted octanol–water partition coefficient (Wildman–Crippen LogP) is 1.78. The molecular weight excluding hydrogens is 249 g/mol. The molecule has 16 heavy (non-hydrogen) atoms. The number of nitrogens with one attached hydrogen (secondary N) is 1. The van der Waals surface area contributed by atoms with E-state index in [1.807, 2.05) is 6.92 Å². The number of hydrogen-bond donors (Lipinski definition) is 1. The average molecular weight is 264 g/mol. The molecule has 0 spiro atoms. The minimum absolute atomic E-state index is 0.247. The van der Waals surface area contributed by atoms with Gasteiger partial charge in [-0.25, -0.2) is 0 Å². The molecule has 1 amide bonds. The van der Waals surface area contributed by atoms with Gasteiger partial charge in [0.2, 0.25) is 0 Å². The topological polar surface area (TPSA) is 46.9 Å². The largest absolute Gasteiger partial charge is 0.343 e. The quantitative estimate of drug-likeness (QED) is 0.824. The number of hydrogen-bond acceptors (Lipinski definition) is 2. The lowest BCUT2D eigenvalue weighted by Gasteiger charge is -2.29. The van der Waals surface area contributed by atoms with Crippen LogP contribution in [0.1, 0.15) is 23.8 Å². The van der Waals surface area contributed by atoms with Crippen LogP contribution in [0.3, 0.4) is 0 Å². The van der Waals surface area contributed by atoms with Crippen LogP contribution in [0.25, 0.3) is 0 Å². The standard InChI is InChI=1S/C10H15Cl2N3O/c1-3-10(6-11,7-12)13-9(16)8-4-5-15(2)14-8/h4-5H,3,6-7H2,1-2H3,(H,13,16). The second kappa shape index (κ2) is 5.55. The zero-order valence-corrected chi connectivity index (χ0v) is 10.8. The lowest BCUT2D eigenvalue weighted by Crippen LogP contribution is -2.51. The number of amides is 1. The number of aromatic nitrogens is 2. The molecule has 0 saturated carbocycles. The molecule has 0 unspecified atom stereocenters. The molecule has 1 heterocycles. The van der Waals surface area contributed by atoms with Crippen LogP contribution in [0.5, 0.6) is 0 Å². The highest BCUT2D eigenvalue weighted by Crippen LogP contribution is 2.15. The van der Waals surface area contributed by atoms with Crippen molar-refractivity contribution in [3.63, 3.8) is 0 Å². The van der Waals surface area contributed by atoms with Crippen LogP contribution in [0.15, 0.2) is 12.3 Å². The van der Waals surface area contributed by atoms with E-state index in [0.717, 1.165) is 0 Å². The maximum atomic E-state index is 11.8. The van der Waals surface area contributed by atoms with E-state index < -0.39 is 5.54 Å². The van der Waals surface area contributed by atoms with Gasteiger partial charge in [-0.05, 0) is 12.5 Å². The molecule has 6 heteroatoms. The van der Waals surface area contributed by atoms with Crippen molar-refractivity contribution >= 4 is 29.1 Å². The Balaban J connectivity index is 2.76. The molecule has 1 aromatic heterocycles. The monoisotopic (exact) mass is 263 g/mol. The van der Waals surface area contributed by atoms with Gasteiger partial charge >= 0.3 is 0 Å². The first-order valence-electron chi connectivity index (χ1n) is 5.01. The summed E-state index contributed by atoms with van der Waals surface area (Å²) < 4.78 is 1.57. The van der Waals surface area contributed by atoms with Gasteiger partial charge < -0.3 is 5.32 Å². The number of nitrogens with zero attached hydrogens (tertiary/aromatic N) is 2. The van der Waals surface area contributed by atoms with E-state index in [1.54, 1.807) is 24.0 Å². The number of carbonyl (C=O) groups is 1. The Bertz CT molecular complexity index is 352. The zero-order valence-electron chi connectivity index (χ0n) is 9.33. The number of halogens is 2. The Morgan fingerprint density at radius 2 is 2.19 bits per heavy atom. The fourth-order valence-corrected chi connectivity index (χ4v) is 2.02. The third kappa shape index (κ3) is 2.89. The van der Waals surface area contributed by atoms with E-state index in [2.05, 4.69) is 10.4 Å². The normalized spacial score (nSPS) is 11.5. The third-order valence-electron chi connectivity index (χ3n) is 2.51. The highest BCUT2D eigenvalue weighted by molar-refractivity contribution is 6.22. The Morgan fingerprint density at radius 3 is 2.56 bits per heavy atom. The van der Waals surface area contributed by atoms with E-state index in [9.17, 15) is 4.79 Å². The summed E-state index contributed by atoms with van der Waals surface area (Å²) in [5.41, 5.74) is -0.187. The van der Waals surface area contributed by atoms with Gasteiger partial charge in [0.1, 0.15) is 5.69 Å². The minimum Gasteiger partial charge on any atom is -0.343 e. The highest BCUT2D eigenvalue weighted by Gasteiger charge is 2.29. The summed E-state index contributed by atoms with van der Waals surface area (Å²) in [6, 6.07) is 1.65. The molecule has 1 N–H and O–H groups in total. The van der Waals surface area contributed by atoms with Gasteiger partial charge in [-0.3, -0.25) is 9.48 Å². The summed E-state index contributed by atoms with van der Waals surface area (Å²) in [4.78, 5) is 11.8. The minimum atomic E-state index is -0.558. The first-order valence-corrected chi connectivity index (χ1v) is 6.08. The molecule has 4 nitrogen and oxygen atoms in total.